The smallest absolute Gasteiger partial charge is 0.321 e. The second-order valence-corrected chi connectivity index (χ2v) is 9.94. The Morgan fingerprint density at radius 2 is 1.53 bits per heavy atom. The average Bonchev–Trinajstić information content (AvgIpc) is 2.89. The quantitative estimate of drug-likeness (QED) is 0.239. The zero-order chi connectivity index (χ0) is 25.8. The lowest BCUT2D eigenvalue weighted by molar-refractivity contribution is -0.138. The highest BCUT2D eigenvalue weighted by atomic mass is 32.2. The van der Waals surface area contributed by atoms with Gasteiger partial charge in [0, 0.05) is 28.6 Å². The molecule has 0 aromatic heterocycles. The summed E-state index contributed by atoms with van der Waals surface area (Å²) in [5.41, 5.74) is 2.98. The molecule has 0 bridgehead atoms. The van der Waals surface area contributed by atoms with Crippen LogP contribution in [0.4, 0.5) is 10.5 Å². The van der Waals surface area contributed by atoms with Gasteiger partial charge in [-0.3, -0.25) is 9.69 Å². The topological polar surface area (TPSA) is 69.6 Å². The maximum atomic E-state index is 13.0. The zero-order valence-corrected chi connectivity index (χ0v) is 22.0. The SMILES string of the molecule is CCCCNC(=O)N(CCCc1ccccc1)c1ccc(Sc2ccc(C(CC)C(=O)O)cc2)cc1. The van der Waals surface area contributed by atoms with Gasteiger partial charge in [0.05, 0.1) is 5.92 Å². The van der Waals surface area contributed by atoms with E-state index in [1.165, 1.54) is 5.56 Å². The molecule has 0 heterocycles. The fraction of sp³-hybridized carbons (Fsp3) is 0.333. The Morgan fingerprint density at radius 1 is 0.889 bits per heavy atom. The van der Waals surface area contributed by atoms with E-state index < -0.39 is 11.9 Å². The summed E-state index contributed by atoms with van der Waals surface area (Å²) in [7, 11) is 0. The number of carbonyl (C=O) groups excluding carboxylic acids is 1. The van der Waals surface area contributed by atoms with Crippen molar-refractivity contribution < 1.29 is 14.7 Å². The molecule has 0 aliphatic carbocycles. The fourth-order valence-corrected chi connectivity index (χ4v) is 4.87. The molecular weight excluding hydrogens is 468 g/mol. The van der Waals surface area contributed by atoms with Gasteiger partial charge in [-0.05, 0) is 73.2 Å². The summed E-state index contributed by atoms with van der Waals surface area (Å²) in [5, 5.41) is 12.4. The second-order valence-electron chi connectivity index (χ2n) is 8.79. The number of rotatable bonds is 13. The van der Waals surface area contributed by atoms with Crippen LogP contribution in [-0.4, -0.2) is 30.2 Å². The van der Waals surface area contributed by atoms with E-state index in [1.54, 1.807) is 11.8 Å². The Morgan fingerprint density at radius 3 is 2.11 bits per heavy atom. The molecule has 0 saturated heterocycles. The Labute approximate surface area is 218 Å². The second kappa shape index (κ2) is 14.3. The number of nitrogens with zero attached hydrogens (tertiary/aromatic N) is 1. The zero-order valence-electron chi connectivity index (χ0n) is 21.2. The van der Waals surface area contributed by atoms with E-state index in [1.807, 2.05) is 78.6 Å². The lowest BCUT2D eigenvalue weighted by atomic mass is 9.97. The monoisotopic (exact) mass is 504 g/mol. The summed E-state index contributed by atoms with van der Waals surface area (Å²) >= 11 is 1.62. The molecule has 6 heteroatoms. The van der Waals surface area contributed by atoms with Crippen LogP contribution in [0.3, 0.4) is 0 Å². The normalized spacial score (nSPS) is 11.6. The summed E-state index contributed by atoms with van der Waals surface area (Å²) in [6.45, 7) is 5.32. The van der Waals surface area contributed by atoms with E-state index in [9.17, 15) is 14.7 Å². The minimum Gasteiger partial charge on any atom is -0.481 e. The maximum absolute atomic E-state index is 13.0. The molecule has 5 nitrogen and oxygen atoms in total. The number of nitrogens with one attached hydrogen (secondary N) is 1. The first-order valence-electron chi connectivity index (χ1n) is 12.7. The molecule has 0 saturated carbocycles. The molecule has 3 rings (SSSR count). The number of unbranched alkanes of at least 4 members (excludes halogenated alkanes) is 1. The van der Waals surface area contributed by atoms with Crippen molar-refractivity contribution in [3.63, 3.8) is 0 Å². The molecule has 2 amide bonds. The van der Waals surface area contributed by atoms with E-state index in [0.29, 0.717) is 19.5 Å². The number of hydrogen-bond acceptors (Lipinski definition) is 3. The van der Waals surface area contributed by atoms with Crippen molar-refractivity contribution in [2.24, 2.45) is 0 Å². The highest BCUT2D eigenvalue weighted by Crippen LogP contribution is 2.31. The summed E-state index contributed by atoms with van der Waals surface area (Å²) in [4.78, 5) is 28.3. The molecular formula is C30H36N2O3S. The largest absolute Gasteiger partial charge is 0.481 e. The van der Waals surface area contributed by atoms with Crippen LogP contribution in [0, 0.1) is 0 Å². The number of carboxylic acids is 1. The van der Waals surface area contributed by atoms with Gasteiger partial charge in [-0.2, -0.15) is 0 Å². The van der Waals surface area contributed by atoms with Gasteiger partial charge >= 0.3 is 12.0 Å². The number of anilines is 1. The third-order valence-corrected chi connectivity index (χ3v) is 7.13. The van der Waals surface area contributed by atoms with Crippen LogP contribution < -0.4 is 10.2 Å². The van der Waals surface area contributed by atoms with E-state index in [4.69, 9.17) is 0 Å². The van der Waals surface area contributed by atoms with Crippen LogP contribution in [0.15, 0.2) is 88.7 Å². The minimum absolute atomic E-state index is 0.0589. The number of benzene rings is 3. The number of aliphatic carboxylic acids is 1. The summed E-state index contributed by atoms with van der Waals surface area (Å²) in [6.07, 6.45) is 4.37. The van der Waals surface area contributed by atoms with Gasteiger partial charge < -0.3 is 10.4 Å². The standard InChI is InChI=1S/C30H36N2O3S/c1-3-5-21-31-30(35)32(22-9-12-23-10-7-6-8-11-23)25-15-19-27(20-16-25)36-26-17-13-24(14-18-26)28(4-2)29(33)34/h6-8,10-11,13-20,28H,3-5,9,12,21-22H2,1-2H3,(H,31,35)(H,33,34). The Bertz CT molecular complexity index is 1090. The van der Waals surface area contributed by atoms with Gasteiger partial charge in [0.25, 0.3) is 0 Å². The van der Waals surface area contributed by atoms with Crippen molar-refractivity contribution in [1.29, 1.82) is 0 Å². The molecule has 3 aromatic rings. The minimum atomic E-state index is -0.791. The van der Waals surface area contributed by atoms with Gasteiger partial charge in [0.2, 0.25) is 0 Å². The van der Waals surface area contributed by atoms with Crippen LogP contribution in [0.25, 0.3) is 0 Å². The van der Waals surface area contributed by atoms with Crippen LogP contribution in [0.2, 0.25) is 0 Å². The molecule has 190 valence electrons. The third kappa shape index (κ3) is 8.16. The van der Waals surface area contributed by atoms with Crippen LogP contribution >= 0.6 is 11.8 Å². The predicted molar refractivity (Wildman–Crippen MR) is 148 cm³/mol. The van der Waals surface area contributed by atoms with Crippen molar-refractivity contribution in [2.75, 3.05) is 18.0 Å². The molecule has 1 unspecified atom stereocenters. The third-order valence-electron chi connectivity index (χ3n) is 6.11. The molecule has 0 radical (unpaired) electrons. The predicted octanol–water partition coefficient (Wildman–Crippen LogP) is 7.36. The van der Waals surface area contributed by atoms with Crippen molar-refractivity contribution in [2.45, 2.75) is 61.7 Å². The molecule has 1 atom stereocenters. The Balaban J connectivity index is 1.66. The molecule has 0 aliphatic rings. The average molecular weight is 505 g/mol. The first-order chi connectivity index (χ1) is 17.5. The highest BCUT2D eigenvalue weighted by Gasteiger charge is 2.18. The van der Waals surface area contributed by atoms with Gasteiger partial charge in [-0.1, -0.05) is 74.5 Å². The fourth-order valence-electron chi connectivity index (χ4n) is 4.05. The molecule has 2 N–H and O–H groups in total. The van der Waals surface area contributed by atoms with E-state index in [-0.39, 0.29) is 6.03 Å². The van der Waals surface area contributed by atoms with E-state index >= 15 is 0 Å². The Hall–Kier alpha value is -3.25. The number of hydrogen-bond donors (Lipinski definition) is 2. The summed E-state index contributed by atoms with van der Waals surface area (Å²) in [5.74, 6) is -1.26. The van der Waals surface area contributed by atoms with Crippen LogP contribution in [0.5, 0.6) is 0 Å². The van der Waals surface area contributed by atoms with Gasteiger partial charge in [-0.25, -0.2) is 4.79 Å². The lowest BCUT2D eigenvalue weighted by Crippen LogP contribution is -2.41. The van der Waals surface area contributed by atoms with Gasteiger partial charge in [0.15, 0.2) is 0 Å². The van der Waals surface area contributed by atoms with E-state index in [2.05, 4.69) is 24.4 Å². The molecule has 0 fully saturated rings. The van der Waals surface area contributed by atoms with E-state index in [0.717, 1.165) is 46.7 Å². The summed E-state index contributed by atoms with van der Waals surface area (Å²) < 4.78 is 0. The molecule has 3 aromatic carbocycles. The van der Waals surface area contributed by atoms with Gasteiger partial charge in [-0.15, -0.1) is 0 Å². The van der Waals surface area contributed by atoms with Crippen LogP contribution in [-0.2, 0) is 11.2 Å². The molecule has 0 spiro atoms. The first kappa shape index (κ1) is 27.3. The number of urea groups is 1. The molecule has 36 heavy (non-hydrogen) atoms. The number of aryl methyl sites for hydroxylation is 1. The number of amides is 2. The summed E-state index contributed by atoms with van der Waals surface area (Å²) in [6, 6.07) is 26.1. The molecule has 0 aliphatic heterocycles. The maximum Gasteiger partial charge on any atom is 0.321 e. The highest BCUT2D eigenvalue weighted by molar-refractivity contribution is 7.99. The number of carboxylic acid groups (broad SMARTS) is 1. The van der Waals surface area contributed by atoms with Crippen LogP contribution in [0.1, 0.15) is 56.6 Å². The van der Waals surface area contributed by atoms with Crippen molar-refractivity contribution in [3.05, 3.63) is 90.0 Å². The van der Waals surface area contributed by atoms with Crippen molar-refractivity contribution in [3.8, 4) is 0 Å². The lowest BCUT2D eigenvalue weighted by Gasteiger charge is -2.23. The first-order valence-corrected chi connectivity index (χ1v) is 13.5. The Kier molecular flexibility index (Phi) is 10.9. The number of carbonyl (C=O) groups is 2. The van der Waals surface area contributed by atoms with Gasteiger partial charge in [0.1, 0.15) is 0 Å². The van der Waals surface area contributed by atoms with Crippen molar-refractivity contribution in [1.82, 2.24) is 5.32 Å². The van der Waals surface area contributed by atoms with Crippen molar-refractivity contribution >= 4 is 29.4 Å².